The Morgan fingerprint density at radius 1 is 1.08 bits per heavy atom. The number of rotatable bonds is 8. The minimum atomic E-state index is -1.36. The first-order valence-corrected chi connectivity index (χ1v) is 5.18. The van der Waals surface area contributed by atoms with Crippen LogP contribution in [0.3, 0.4) is 0 Å². The summed E-state index contributed by atoms with van der Waals surface area (Å²) in [6.07, 6.45) is 3.73. The van der Waals surface area contributed by atoms with Crippen LogP contribution in [0.15, 0.2) is 0 Å². The summed E-state index contributed by atoms with van der Waals surface area (Å²) in [4.78, 5) is 0. The highest BCUT2D eigenvalue weighted by molar-refractivity contribution is 4.50. The van der Waals surface area contributed by atoms with E-state index < -0.39 is 5.97 Å². The van der Waals surface area contributed by atoms with Gasteiger partial charge in [-0.2, -0.15) is 0 Å². The van der Waals surface area contributed by atoms with Crippen LogP contribution >= 0.6 is 0 Å². The second-order valence-electron chi connectivity index (χ2n) is 3.05. The molecule has 0 aromatic carbocycles. The van der Waals surface area contributed by atoms with E-state index in [0.29, 0.717) is 19.6 Å². The van der Waals surface area contributed by atoms with Gasteiger partial charge in [-0.25, -0.2) is 0 Å². The van der Waals surface area contributed by atoms with Crippen LogP contribution in [-0.2, 0) is 9.47 Å². The van der Waals surface area contributed by atoms with Crippen molar-refractivity contribution >= 4 is 0 Å². The molecule has 1 atom stereocenters. The molecule has 1 unspecified atom stereocenters. The van der Waals surface area contributed by atoms with Gasteiger partial charge in [0.2, 0.25) is 0 Å². The molecule has 0 amide bonds. The predicted molar refractivity (Wildman–Crippen MR) is 52.3 cm³/mol. The number of ether oxygens (including phenoxy) is 2. The van der Waals surface area contributed by atoms with Gasteiger partial charge >= 0.3 is 0 Å². The number of hydrogen-bond donors (Lipinski definition) is 1. The zero-order chi connectivity index (χ0) is 10.2. The van der Waals surface area contributed by atoms with E-state index in [2.05, 4.69) is 6.92 Å². The maximum atomic E-state index is 9.67. The van der Waals surface area contributed by atoms with Crippen LogP contribution < -0.4 is 0 Å². The summed E-state index contributed by atoms with van der Waals surface area (Å²) in [6.45, 7) is 6.86. The molecule has 0 saturated carbocycles. The fourth-order valence-corrected chi connectivity index (χ4v) is 1.06. The molecule has 13 heavy (non-hydrogen) atoms. The van der Waals surface area contributed by atoms with Crippen LogP contribution in [0.4, 0.5) is 0 Å². The van der Waals surface area contributed by atoms with Crippen LogP contribution in [0.25, 0.3) is 0 Å². The fourth-order valence-electron chi connectivity index (χ4n) is 1.06. The maximum Gasteiger partial charge on any atom is 0.280 e. The lowest BCUT2D eigenvalue weighted by molar-refractivity contribution is -0.360. The number of hydrogen-bond acceptors (Lipinski definition) is 3. The smallest absolute Gasteiger partial charge is 0.280 e. The fraction of sp³-hybridized carbons (Fsp3) is 1.00. The normalized spacial score (nSPS) is 15.7. The largest absolute Gasteiger partial charge is 0.343 e. The van der Waals surface area contributed by atoms with Gasteiger partial charge in [-0.05, 0) is 13.3 Å². The summed E-state index contributed by atoms with van der Waals surface area (Å²) in [5.74, 6) is -1.36. The molecular formula is C10H22O3. The van der Waals surface area contributed by atoms with E-state index in [0.717, 1.165) is 19.3 Å². The van der Waals surface area contributed by atoms with Crippen LogP contribution in [0.2, 0.25) is 0 Å². The first kappa shape index (κ1) is 12.9. The van der Waals surface area contributed by atoms with E-state index >= 15 is 0 Å². The van der Waals surface area contributed by atoms with Gasteiger partial charge in [0, 0.05) is 13.0 Å². The molecule has 3 nitrogen and oxygen atoms in total. The SMILES string of the molecule is CCCCCOC(O)(CC)OCC. The van der Waals surface area contributed by atoms with E-state index in [1.807, 2.05) is 13.8 Å². The van der Waals surface area contributed by atoms with Crippen LogP contribution in [0.1, 0.15) is 46.5 Å². The Morgan fingerprint density at radius 2 is 1.77 bits per heavy atom. The molecule has 0 bridgehead atoms. The Morgan fingerprint density at radius 3 is 2.23 bits per heavy atom. The summed E-state index contributed by atoms with van der Waals surface area (Å²) in [5, 5.41) is 9.67. The summed E-state index contributed by atoms with van der Waals surface area (Å²) in [7, 11) is 0. The summed E-state index contributed by atoms with van der Waals surface area (Å²) >= 11 is 0. The van der Waals surface area contributed by atoms with Gasteiger partial charge in [0.25, 0.3) is 5.97 Å². The molecule has 0 radical (unpaired) electrons. The number of aliphatic hydroxyl groups is 1. The summed E-state index contributed by atoms with van der Waals surface area (Å²) in [5.41, 5.74) is 0. The zero-order valence-electron chi connectivity index (χ0n) is 9.01. The van der Waals surface area contributed by atoms with Crippen molar-refractivity contribution in [3.63, 3.8) is 0 Å². The van der Waals surface area contributed by atoms with Gasteiger partial charge in [-0.15, -0.1) is 0 Å². The Hall–Kier alpha value is -0.120. The average molecular weight is 190 g/mol. The van der Waals surface area contributed by atoms with E-state index in [1.54, 1.807) is 0 Å². The highest BCUT2D eigenvalue weighted by atomic mass is 16.8. The first-order chi connectivity index (χ1) is 6.18. The Balaban J connectivity index is 3.57. The monoisotopic (exact) mass is 190 g/mol. The maximum absolute atomic E-state index is 9.67. The molecule has 0 saturated heterocycles. The standard InChI is InChI=1S/C10H22O3/c1-4-7-8-9-13-10(11,5-2)12-6-3/h11H,4-9H2,1-3H3. The van der Waals surface area contributed by atoms with E-state index in [9.17, 15) is 5.11 Å². The van der Waals surface area contributed by atoms with Crippen molar-refractivity contribution in [1.82, 2.24) is 0 Å². The zero-order valence-corrected chi connectivity index (χ0v) is 9.01. The molecule has 0 heterocycles. The van der Waals surface area contributed by atoms with Crippen molar-refractivity contribution in [3.8, 4) is 0 Å². The lowest BCUT2D eigenvalue weighted by Crippen LogP contribution is -2.35. The molecule has 0 aromatic rings. The topological polar surface area (TPSA) is 38.7 Å². The molecule has 0 rings (SSSR count). The van der Waals surface area contributed by atoms with Crippen LogP contribution in [0.5, 0.6) is 0 Å². The Labute approximate surface area is 81.0 Å². The highest BCUT2D eigenvalue weighted by Crippen LogP contribution is 2.14. The molecule has 0 spiro atoms. The molecule has 0 aliphatic carbocycles. The van der Waals surface area contributed by atoms with E-state index in [4.69, 9.17) is 9.47 Å². The molecule has 0 aromatic heterocycles. The van der Waals surface area contributed by atoms with Gasteiger partial charge in [-0.3, -0.25) is 0 Å². The van der Waals surface area contributed by atoms with Crippen LogP contribution in [-0.4, -0.2) is 24.3 Å². The minimum absolute atomic E-state index is 0.465. The molecular weight excluding hydrogens is 168 g/mol. The first-order valence-electron chi connectivity index (χ1n) is 5.18. The molecule has 0 aliphatic rings. The summed E-state index contributed by atoms with van der Waals surface area (Å²) < 4.78 is 10.3. The van der Waals surface area contributed by atoms with Gasteiger partial charge < -0.3 is 14.6 Å². The Kier molecular flexibility index (Phi) is 7.23. The molecule has 1 N–H and O–H groups in total. The predicted octanol–water partition coefficient (Wildman–Crippen LogP) is 2.29. The second kappa shape index (κ2) is 7.30. The molecule has 80 valence electrons. The summed E-state index contributed by atoms with van der Waals surface area (Å²) in [6, 6.07) is 0. The van der Waals surface area contributed by atoms with Crippen molar-refractivity contribution in [3.05, 3.63) is 0 Å². The quantitative estimate of drug-likeness (QED) is 0.471. The van der Waals surface area contributed by atoms with Crippen molar-refractivity contribution in [2.75, 3.05) is 13.2 Å². The molecule has 0 aliphatic heterocycles. The lowest BCUT2D eigenvalue weighted by atomic mass is 10.3. The second-order valence-corrected chi connectivity index (χ2v) is 3.05. The van der Waals surface area contributed by atoms with Gasteiger partial charge in [-0.1, -0.05) is 26.7 Å². The van der Waals surface area contributed by atoms with Gasteiger partial charge in [0.1, 0.15) is 0 Å². The highest BCUT2D eigenvalue weighted by Gasteiger charge is 2.25. The third kappa shape index (κ3) is 6.02. The number of unbranched alkanes of at least 4 members (excludes halogenated alkanes) is 2. The average Bonchev–Trinajstić information content (AvgIpc) is 2.13. The van der Waals surface area contributed by atoms with Crippen molar-refractivity contribution in [2.45, 2.75) is 52.4 Å². The van der Waals surface area contributed by atoms with E-state index in [-0.39, 0.29) is 0 Å². The lowest BCUT2D eigenvalue weighted by Gasteiger charge is -2.26. The third-order valence-corrected chi connectivity index (χ3v) is 1.89. The minimum Gasteiger partial charge on any atom is -0.343 e. The van der Waals surface area contributed by atoms with Crippen LogP contribution in [0, 0.1) is 0 Å². The Bertz CT molecular complexity index is 117. The van der Waals surface area contributed by atoms with Crippen molar-refractivity contribution in [2.24, 2.45) is 0 Å². The third-order valence-electron chi connectivity index (χ3n) is 1.89. The molecule has 0 fully saturated rings. The van der Waals surface area contributed by atoms with Crippen molar-refractivity contribution in [1.29, 1.82) is 0 Å². The molecule has 3 heteroatoms. The van der Waals surface area contributed by atoms with Gasteiger partial charge in [0.05, 0.1) is 6.61 Å². The van der Waals surface area contributed by atoms with E-state index in [1.165, 1.54) is 0 Å². The van der Waals surface area contributed by atoms with Crippen molar-refractivity contribution < 1.29 is 14.6 Å². The van der Waals surface area contributed by atoms with Gasteiger partial charge in [0.15, 0.2) is 0 Å².